The number of ketones is 1. The van der Waals surface area contributed by atoms with Crippen LogP contribution in [0.4, 0.5) is 4.39 Å². The highest BCUT2D eigenvalue weighted by Gasteiger charge is 2.24. The summed E-state index contributed by atoms with van der Waals surface area (Å²) >= 11 is 0. The number of hydrogen-bond donors (Lipinski definition) is 0. The molecular weight excluding hydrogens is 367 g/mol. The maximum Gasteiger partial charge on any atom is 0.339 e. The zero-order valence-electron chi connectivity index (χ0n) is 16.0. The maximum atomic E-state index is 13.2. The van der Waals surface area contributed by atoms with Crippen molar-refractivity contribution in [3.63, 3.8) is 0 Å². The Morgan fingerprint density at radius 1 is 0.931 bits per heavy atom. The minimum Gasteiger partial charge on any atom is -0.450 e. The van der Waals surface area contributed by atoms with Crippen LogP contribution in [0.25, 0.3) is 6.08 Å². The van der Waals surface area contributed by atoms with E-state index in [1.54, 1.807) is 18.2 Å². The molecule has 3 rings (SSSR count). The van der Waals surface area contributed by atoms with Gasteiger partial charge in [0.05, 0.1) is 5.56 Å². The largest absolute Gasteiger partial charge is 0.450 e. The summed E-state index contributed by atoms with van der Waals surface area (Å²) in [7, 11) is 0. The average molecular weight is 388 g/mol. The molecule has 0 fully saturated rings. The molecule has 0 amide bonds. The average Bonchev–Trinajstić information content (AvgIpc) is 2.74. The highest BCUT2D eigenvalue weighted by atomic mass is 19.1. The molecule has 0 aliphatic carbocycles. The molecule has 3 nitrogen and oxygen atoms in total. The van der Waals surface area contributed by atoms with Gasteiger partial charge in [0, 0.05) is 12.0 Å². The lowest BCUT2D eigenvalue weighted by atomic mass is 10.0. The molecule has 0 saturated heterocycles. The van der Waals surface area contributed by atoms with Crippen LogP contribution in [0.5, 0.6) is 0 Å². The first kappa shape index (κ1) is 20.2. The third-order valence-electron chi connectivity index (χ3n) is 4.50. The summed E-state index contributed by atoms with van der Waals surface area (Å²) in [5.41, 5.74) is 2.45. The Balaban J connectivity index is 1.81. The SMILES string of the molecule is Cc1ccccc1C(=O)OC(C/C=C/c1ccccc1)C(=O)c1ccc(F)cc1. The normalized spacial score (nSPS) is 11.9. The Bertz CT molecular complexity index is 1010. The van der Waals surface area contributed by atoms with Gasteiger partial charge in [-0.1, -0.05) is 60.7 Å². The molecule has 4 heteroatoms. The van der Waals surface area contributed by atoms with E-state index in [-0.39, 0.29) is 12.2 Å². The van der Waals surface area contributed by atoms with E-state index in [1.807, 2.05) is 55.5 Å². The van der Waals surface area contributed by atoms with Gasteiger partial charge in [-0.3, -0.25) is 4.79 Å². The van der Waals surface area contributed by atoms with Crippen LogP contribution in [0.1, 0.15) is 38.3 Å². The molecular formula is C25H21FO3. The summed E-state index contributed by atoms with van der Waals surface area (Å²) in [6.07, 6.45) is 2.87. The highest BCUT2D eigenvalue weighted by molar-refractivity contribution is 6.02. The van der Waals surface area contributed by atoms with Crippen LogP contribution in [0.3, 0.4) is 0 Å². The van der Waals surface area contributed by atoms with E-state index in [4.69, 9.17) is 4.74 Å². The van der Waals surface area contributed by atoms with E-state index in [0.29, 0.717) is 11.1 Å². The Morgan fingerprint density at radius 2 is 1.59 bits per heavy atom. The first-order valence-corrected chi connectivity index (χ1v) is 9.32. The number of carbonyl (C=O) groups excluding carboxylic acids is 2. The van der Waals surface area contributed by atoms with E-state index in [2.05, 4.69) is 0 Å². The predicted molar refractivity (Wildman–Crippen MR) is 111 cm³/mol. The van der Waals surface area contributed by atoms with E-state index in [9.17, 15) is 14.0 Å². The Hall–Kier alpha value is -3.53. The molecule has 0 saturated carbocycles. The summed E-state index contributed by atoms with van der Waals surface area (Å²) in [6, 6.07) is 21.9. The van der Waals surface area contributed by atoms with Gasteiger partial charge in [0.15, 0.2) is 6.10 Å². The van der Waals surface area contributed by atoms with Gasteiger partial charge >= 0.3 is 5.97 Å². The minimum absolute atomic E-state index is 0.211. The van der Waals surface area contributed by atoms with Gasteiger partial charge < -0.3 is 4.74 Å². The fourth-order valence-electron chi connectivity index (χ4n) is 2.90. The molecule has 0 bridgehead atoms. The first-order chi connectivity index (χ1) is 14.0. The van der Waals surface area contributed by atoms with Crippen molar-refractivity contribution in [2.75, 3.05) is 0 Å². The topological polar surface area (TPSA) is 43.4 Å². The molecule has 0 heterocycles. The first-order valence-electron chi connectivity index (χ1n) is 9.32. The second-order valence-corrected chi connectivity index (χ2v) is 6.63. The van der Waals surface area contributed by atoms with Crippen molar-refractivity contribution in [1.29, 1.82) is 0 Å². The van der Waals surface area contributed by atoms with Crippen molar-refractivity contribution in [2.24, 2.45) is 0 Å². The number of halogens is 1. The summed E-state index contributed by atoms with van der Waals surface area (Å²) in [5.74, 6) is -1.36. The van der Waals surface area contributed by atoms with Gasteiger partial charge in [0.2, 0.25) is 5.78 Å². The Morgan fingerprint density at radius 3 is 2.28 bits per heavy atom. The highest BCUT2D eigenvalue weighted by Crippen LogP contribution is 2.16. The van der Waals surface area contributed by atoms with Crippen molar-refractivity contribution in [2.45, 2.75) is 19.4 Å². The number of aryl methyl sites for hydroxylation is 1. The lowest BCUT2D eigenvalue weighted by Gasteiger charge is -2.16. The van der Waals surface area contributed by atoms with Crippen molar-refractivity contribution in [3.8, 4) is 0 Å². The summed E-state index contributed by atoms with van der Waals surface area (Å²) in [5, 5.41) is 0. The van der Waals surface area contributed by atoms with Crippen LogP contribution in [0, 0.1) is 12.7 Å². The zero-order chi connectivity index (χ0) is 20.6. The molecule has 0 N–H and O–H groups in total. The van der Waals surface area contributed by atoms with Gasteiger partial charge in [-0.2, -0.15) is 0 Å². The molecule has 29 heavy (non-hydrogen) atoms. The van der Waals surface area contributed by atoms with Crippen LogP contribution in [0.2, 0.25) is 0 Å². The second-order valence-electron chi connectivity index (χ2n) is 6.63. The van der Waals surface area contributed by atoms with Crippen LogP contribution in [-0.4, -0.2) is 17.9 Å². The Labute approximate surface area is 169 Å². The molecule has 0 aromatic heterocycles. The number of ether oxygens (including phenoxy) is 1. The number of esters is 1. The summed E-state index contributed by atoms with van der Waals surface area (Å²) in [4.78, 5) is 25.6. The molecule has 0 spiro atoms. The van der Waals surface area contributed by atoms with Crippen LogP contribution in [-0.2, 0) is 4.74 Å². The zero-order valence-corrected chi connectivity index (χ0v) is 16.0. The second kappa shape index (κ2) is 9.60. The number of carbonyl (C=O) groups is 2. The number of Topliss-reactive ketones (excluding diaryl/α,β-unsaturated/α-hetero) is 1. The van der Waals surface area contributed by atoms with Gasteiger partial charge in [0.1, 0.15) is 5.82 Å². The van der Waals surface area contributed by atoms with Gasteiger partial charge in [-0.15, -0.1) is 0 Å². The fraction of sp³-hybridized carbons (Fsp3) is 0.120. The van der Waals surface area contributed by atoms with E-state index in [0.717, 1.165) is 11.1 Å². The number of benzene rings is 3. The van der Waals surface area contributed by atoms with Crippen molar-refractivity contribution in [1.82, 2.24) is 0 Å². The lowest BCUT2D eigenvalue weighted by molar-refractivity contribution is 0.0289. The third-order valence-corrected chi connectivity index (χ3v) is 4.50. The van der Waals surface area contributed by atoms with Crippen LogP contribution >= 0.6 is 0 Å². The fourth-order valence-corrected chi connectivity index (χ4v) is 2.90. The van der Waals surface area contributed by atoms with Crippen molar-refractivity contribution < 1.29 is 18.7 Å². The third kappa shape index (κ3) is 5.48. The maximum absolute atomic E-state index is 13.2. The van der Waals surface area contributed by atoms with Crippen molar-refractivity contribution in [3.05, 3.63) is 113 Å². The molecule has 1 unspecified atom stereocenters. The van der Waals surface area contributed by atoms with Gasteiger partial charge in [-0.05, 0) is 48.4 Å². The molecule has 0 aliphatic heterocycles. The standard InChI is InChI=1S/C25H21FO3/c1-18-8-5-6-12-22(18)25(28)29-23(13-7-11-19-9-3-2-4-10-19)24(27)20-14-16-21(26)17-15-20/h2-12,14-17,23H,13H2,1H3/b11-7+. The van der Waals surface area contributed by atoms with E-state index >= 15 is 0 Å². The Kier molecular flexibility index (Phi) is 6.69. The molecule has 0 radical (unpaired) electrons. The smallest absolute Gasteiger partial charge is 0.339 e. The van der Waals surface area contributed by atoms with Crippen LogP contribution in [0.15, 0.2) is 84.9 Å². The van der Waals surface area contributed by atoms with Gasteiger partial charge in [0.25, 0.3) is 0 Å². The van der Waals surface area contributed by atoms with Crippen molar-refractivity contribution >= 4 is 17.8 Å². The predicted octanol–water partition coefficient (Wildman–Crippen LogP) is 5.65. The molecule has 3 aromatic rings. The van der Waals surface area contributed by atoms with E-state index < -0.39 is 17.9 Å². The van der Waals surface area contributed by atoms with Crippen LogP contribution < -0.4 is 0 Å². The molecule has 0 aliphatic rings. The quantitative estimate of drug-likeness (QED) is 0.388. The summed E-state index contributed by atoms with van der Waals surface area (Å²) in [6.45, 7) is 1.81. The molecule has 1 atom stereocenters. The lowest BCUT2D eigenvalue weighted by Crippen LogP contribution is -2.27. The minimum atomic E-state index is -1.01. The molecule has 3 aromatic carbocycles. The monoisotopic (exact) mass is 388 g/mol. The molecule has 146 valence electrons. The number of rotatable bonds is 7. The number of hydrogen-bond acceptors (Lipinski definition) is 3. The van der Waals surface area contributed by atoms with Gasteiger partial charge in [-0.25, -0.2) is 9.18 Å². The van der Waals surface area contributed by atoms with E-state index in [1.165, 1.54) is 24.3 Å². The summed E-state index contributed by atoms with van der Waals surface area (Å²) < 4.78 is 18.8.